The third kappa shape index (κ3) is 4.58. The summed E-state index contributed by atoms with van der Waals surface area (Å²) in [4.78, 5) is 9.75. The van der Waals surface area contributed by atoms with E-state index in [0.29, 0.717) is 17.7 Å². The Morgan fingerprint density at radius 2 is 1.80 bits per heavy atom. The zero-order valence-corrected chi connectivity index (χ0v) is 23.3. The molecular weight excluding hydrogens is 510 g/mol. The second kappa shape index (κ2) is 10.1. The molecule has 3 atom stereocenters. The van der Waals surface area contributed by atoms with Crippen LogP contribution in [0.15, 0.2) is 65.3 Å². The summed E-state index contributed by atoms with van der Waals surface area (Å²) in [6.07, 6.45) is 12.1. The number of hydrogen-bond donors (Lipinski definition) is 3. The zero-order valence-electron chi connectivity index (χ0n) is 23.3. The molecule has 2 bridgehead atoms. The highest BCUT2D eigenvalue weighted by molar-refractivity contribution is 6.00. The van der Waals surface area contributed by atoms with Gasteiger partial charge in [0, 0.05) is 48.8 Å². The molecule has 9 heteroatoms. The standard InChI is InChI=1S/C32H37N9/c33-31-35-32(38-41(31)29-20-24-6-3-5-22-4-1-2-7-27(22)30(24)37-36-29)34-25-10-12-26(13-11-25)39-14-16-40(17-15-39)28-19-21-8-9-23(28)18-21/h1-2,4-5,7,10-13,20-21,23,28,37H,3,6,8-9,14-19H2,(H3,33,34,35,38). The Morgan fingerprint density at radius 3 is 2.61 bits per heavy atom. The molecule has 2 saturated carbocycles. The lowest BCUT2D eigenvalue weighted by Gasteiger charge is -2.41. The van der Waals surface area contributed by atoms with E-state index in [1.807, 2.05) is 0 Å². The molecule has 4 N–H and O–H groups in total. The van der Waals surface area contributed by atoms with E-state index in [2.05, 4.69) is 96.4 Å². The monoisotopic (exact) mass is 547 g/mol. The molecule has 3 heterocycles. The number of nitrogen functional groups attached to an aromatic ring is 1. The SMILES string of the molecule is Nc1nc(Nc2ccc(N3CCN(C4CC5CCC4C5)CC3)cc2)nn1C1=NNC2=c3ccccc3=CCCC2=C1. The molecule has 1 saturated heterocycles. The molecule has 0 spiro atoms. The topological polar surface area (TPSA) is 99.6 Å². The number of aromatic nitrogens is 3. The Bertz CT molecular complexity index is 1640. The van der Waals surface area contributed by atoms with Crippen LogP contribution in [0.2, 0.25) is 0 Å². The Labute approximate surface area is 240 Å². The number of benzene rings is 2. The van der Waals surface area contributed by atoms with Crippen LogP contribution >= 0.6 is 0 Å². The van der Waals surface area contributed by atoms with Gasteiger partial charge in [0.1, 0.15) is 0 Å². The van der Waals surface area contributed by atoms with Crippen LogP contribution in [0.5, 0.6) is 0 Å². The molecule has 0 radical (unpaired) electrons. The van der Waals surface area contributed by atoms with Crippen LogP contribution in [0.1, 0.15) is 38.5 Å². The zero-order chi connectivity index (χ0) is 27.3. The van der Waals surface area contributed by atoms with Crippen LogP contribution in [0.3, 0.4) is 0 Å². The van der Waals surface area contributed by atoms with E-state index in [1.165, 1.54) is 60.5 Å². The molecule has 3 aliphatic carbocycles. The highest BCUT2D eigenvalue weighted by Crippen LogP contribution is 2.46. The van der Waals surface area contributed by atoms with E-state index < -0.39 is 0 Å². The van der Waals surface area contributed by atoms with Crippen molar-refractivity contribution >= 4 is 40.9 Å². The summed E-state index contributed by atoms with van der Waals surface area (Å²) in [6.45, 7) is 4.54. The van der Waals surface area contributed by atoms with E-state index in [9.17, 15) is 0 Å². The fourth-order valence-electron chi connectivity index (χ4n) is 7.67. The summed E-state index contributed by atoms with van der Waals surface area (Å²) in [5.41, 5.74) is 14.0. The molecule has 1 aromatic heterocycles. The minimum Gasteiger partial charge on any atom is -0.369 e. The molecule has 0 amide bonds. The Kier molecular flexibility index (Phi) is 6.05. The summed E-state index contributed by atoms with van der Waals surface area (Å²) in [7, 11) is 0. The maximum Gasteiger partial charge on any atom is 0.248 e. The van der Waals surface area contributed by atoms with Gasteiger partial charge in [0.15, 0.2) is 5.84 Å². The number of fused-ring (bicyclic) bond motifs is 4. The van der Waals surface area contributed by atoms with Gasteiger partial charge in [-0.3, -0.25) is 10.3 Å². The highest BCUT2D eigenvalue weighted by Gasteiger charge is 2.42. The van der Waals surface area contributed by atoms with Gasteiger partial charge in [-0.25, -0.2) is 0 Å². The molecule has 3 unspecified atom stereocenters. The molecule has 9 nitrogen and oxygen atoms in total. The van der Waals surface area contributed by atoms with Crippen molar-refractivity contribution in [3.63, 3.8) is 0 Å². The van der Waals surface area contributed by atoms with Gasteiger partial charge in [-0.2, -0.15) is 14.8 Å². The first kappa shape index (κ1) is 24.7. The maximum absolute atomic E-state index is 6.29. The summed E-state index contributed by atoms with van der Waals surface area (Å²) in [5.74, 6) is 3.34. The van der Waals surface area contributed by atoms with Crippen molar-refractivity contribution in [3.05, 3.63) is 70.6 Å². The van der Waals surface area contributed by atoms with Gasteiger partial charge in [0.25, 0.3) is 0 Å². The summed E-state index contributed by atoms with van der Waals surface area (Å²) in [5, 5.41) is 14.9. The van der Waals surface area contributed by atoms with Gasteiger partial charge >= 0.3 is 0 Å². The molecule has 2 aliphatic heterocycles. The van der Waals surface area contributed by atoms with E-state index in [-0.39, 0.29) is 0 Å². The number of anilines is 4. The lowest BCUT2D eigenvalue weighted by atomic mass is 9.93. The van der Waals surface area contributed by atoms with Gasteiger partial charge in [0.2, 0.25) is 11.9 Å². The van der Waals surface area contributed by atoms with E-state index >= 15 is 0 Å². The first-order valence-electron chi connectivity index (χ1n) is 15.1. The minimum atomic E-state index is 0.291. The fraction of sp³-hybridized carbons (Fsp3) is 0.406. The molecule has 210 valence electrons. The maximum atomic E-state index is 6.29. The molecule has 2 aromatic carbocycles. The molecule has 5 aliphatic rings. The predicted octanol–water partition coefficient (Wildman–Crippen LogP) is 2.99. The van der Waals surface area contributed by atoms with Crippen LogP contribution in [0.25, 0.3) is 11.8 Å². The van der Waals surface area contributed by atoms with Crippen molar-refractivity contribution in [1.82, 2.24) is 25.1 Å². The van der Waals surface area contributed by atoms with Crippen LogP contribution in [0, 0.1) is 11.8 Å². The van der Waals surface area contributed by atoms with E-state index in [0.717, 1.165) is 55.2 Å². The molecule has 8 rings (SSSR count). The average Bonchev–Trinajstić information content (AvgIpc) is 3.71. The Balaban J connectivity index is 0.931. The first-order chi connectivity index (χ1) is 20.2. The normalized spacial score (nSPS) is 25.4. The second-order valence-corrected chi connectivity index (χ2v) is 12.1. The molecule has 3 aromatic rings. The van der Waals surface area contributed by atoms with Crippen molar-refractivity contribution < 1.29 is 0 Å². The lowest BCUT2D eigenvalue weighted by molar-refractivity contribution is 0.135. The summed E-state index contributed by atoms with van der Waals surface area (Å²) >= 11 is 0. The first-order valence-corrected chi connectivity index (χ1v) is 15.1. The van der Waals surface area contributed by atoms with Gasteiger partial charge in [-0.05, 0) is 85.1 Å². The summed E-state index contributed by atoms with van der Waals surface area (Å²) < 4.78 is 1.59. The lowest BCUT2D eigenvalue weighted by Crippen LogP contribution is -2.51. The molecular formula is C32H37N9. The minimum absolute atomic E-state index is 0.291. The highest BCUT2D eigenvalue weighted by atomic mass is 15.5. The number of allylic oxidation sites excluding steroid dienone is 1. The number of nitrogens with two attached hydrogens (primary N) is 1. The quantitative estimate of drug-likeness (QED) is 0.462. The van der Waals surface area contributed by atoms with Crippen LogP contribution in [-0.4, -0.2) is 57.7 Å². The Morgan fingerprint density at radius 1 is 0.951 bits per heavy atom. The van der Waals surface area contributed by atoms with Crippen molar-refractivity contribution in [2.24, 2.45) is 16.9 Å². The number of hydrazone groups is 1. The predicted molar refractivity (Wildman–Crippen MR) is 164 cm³/mol. The van der Waals surface area contributed by atoms with Gasteiger partial charge < -0.3 is 16.0 Å². The average molecular weight is 548 g/mol. The van der Waals surface area contributed by atoms with E-state index in [1.54, 1.807) is 4.68 Å². The fourth-order valence-corrected chi connectivity index (χ4v) is 7.67. The van der Waals surface area contributed by atoms with Crippen molar-refractivity contribution in [1.29, 1.82) is 0 Å². The van der Waals surface area contributed by atoms with Gasteiger partial charge in [0.05, 0.1) is 5.70 Å². The van der Waals surface area contributed by atoms with Gasteiger partial charge in [-0.1, -0.05) is 36.8 Å². The number of nitrogens with zero attached hydrogens (tertiary/aromatic N) is 6. The van der Waals surface area contributed by atoms with Crippen LogP contribution in [-0.2, 0) is 0 Å². The van der Waals surface area contributed by atoms with Crippen molar-refractivity contribution in [2.75, 3.05) is 42.1 Å². The number of piperazine rings is 1. The second-order valence-electron chi connectivity index (χ2n) is 12.1. The number of rotatable bonds is 4. The third-order valence-electron chi connectivity index (χ3n) is 9.74. The van der Waals surface area contributed by atoms with Crippen molar-refractivity contribution in [3.8, 4) is 0 Å². The van der Waals surface area contributed by atoms with Crippen LogP contribution < -0.4 is 31.8 Å². The van der Waals surface area contributed by atoms with Crippen LogP contribution in [0.4, 0.5) is 23.3 Å². The van der Waals surface area contributed by atoms with Gasteiger partial charge in [-0.15, -0.1) is 5.10 Å². The molecule has 3 fully saturated rings. The third-order valence-corrected chi connectivity index (χ3v) is 9.74. The largest absolute Gasteiger partial charge is 0.369 e. The Hall–Kier alpha value is -4.11. The number of hydrogen-bond acceptors (Lipinski definition) is 8. The van der Waals surface area contributed by atoms with E-state index in [4.69, 9.17) is 5.73 Å². The smallest absolute Gasteiger partial charge is 0.248 e. The van der Waals surface area contributed by atoms with Crippen molar-refractivity contribution in [2.45, 2.75) is 44.6 Å². The molecule has 41 heavy (non-hydrogen) atoms. The number of nitrogens with one attached hydrogen (secondary N) is 2. The summed E-state index contributed by atoms with van der Waals surface area (Å²) in [6, 6.07) is 17.8.